The molecule has 2 aliphatic heterocycles. The first-order chi connectivity index (χ1) is 15.7. The topological polar surface area (TPSA) is 56.8 Å². The van der Waals surface area contributed by atoms with E-state index in [1.165, 1.54) is 5.69 Å². The van der Waals surface area contributed by atoms with Crippen LogP contribution in [0.5, 0.6) is 0 Å². The van der Waals surface area contributed by atoms with Crippen LogP contribution in [0, 0.1) is 0 Å². The van der Waals surface area contributed by atoms with Crippen molar-refractivity contribution in [2.24, 2.45) is 0 Å². The van der Waals surface area contributed by atoms with Crippen molar-refractivity contribution in [2.75, 3.05) is 76.2 Å². The smallest absolute Gasteiger partial charge is 0.161 e. The standard InChI is InChI=1S/C25H38N6O/c1-4-30(5-2)13-6-12-26-25-22-19-32-18-11-23(22)27-24(28-25)20-7-9-21(10-8-20)31-16-14-29(3)15-17-31/h7-10H,4-6,11-19H2,1-3H3,(H,26,27,28). The molecule has 7 nitrogen and oxygen atoms in total. The Hall–Kier alpha value is -2.22. The number of benzene rings is 1. The number of fused-ring (bicyclic) bond motifs is 1. The van der Waals surface area contributed by atoms with E-state index in [-0.39, 0.29) is 0 Å². The van der Waals surface area contributed by atoms with Gasteiger partial charge >= 0.3 is 0 Å². The van der Waals surface area contributed by atoms with Gasteiger partial charge in [0.15, 0.2) is 5.82 Å². The zero-order chi connectivity index (χ0) is 22.3. The molecule has 0 saturated carbocycles. The molecule has 1 saturated heterocycles. The van der Waals surface area contributed by atoms with Gasteiger partial charge in [-0.15, -0.1) is 0 Å². The van der Waals surface area contributed by atoms with Crippen molar-refractivity contribution in [1.29, 1.82) is 0 Å². The molecule has 32 heavy (non-hydrogen) atoms. The van der Waals surface area contributed by atoms with Gasteiger partial charge in [0.1, 0.15) is 5.82 Å². The Morgan fingerprint density at radius 1 is 1.03 bits per heavy atom. The van der Waals surface area contributed by atoms with E-state index in [2.05, 4.69) is 65.2 Å². The summed E-state index contributed by atoms with van der Waals surface area (Å²) in [5.74, 6) is 1.74. The second-order valence-corrected chi connectivity index (χ2v) is 8.77. The van der Waals surface area contributed by atoms with E-state index >= 15 is 0 Å². The van der Waals surface area contributed by atoms with E-state index in [1.54, 1.807) is 0 Å². The van der Waals surface area contributed by atoms with Crippen LogP contribution in [0.25, 0.3) is 11.4 Å². The monoisotopic (exact) mass is 438 g/mol. The number of aromatic nitrogens is 2. The maximum atomic E-state index is 5.71. The summed E-state index contributed by atoms with van der Waals surface area (Å²) >= 11 is 0. The van der Waals surface area contributed by atoms with Gasteiger partial charge in [-0.3, -0.25) is 0 Å². The molecule has 0 atom stereocenters. The molecule has 0 spiro atoms. The number of nitrogens with zero attached hydrogens (tertiary/aromatic N) is 5. The van der Waals surface area contributed by atoms with Crippen molar-refractivity contribution >= 4 is 11.5 Å². The Morgan fingerprint density at radius 3 is 2.50 bits per heavy atom. The molecule has 3 heterocycles. The molecule has 1 fully saturated rings. The minimum Gasteiger partial charge on any atom is -0.376 e. The Kier molecular flexibility index (Phi) is 7.95. The van der Waals surface area contributed by atoms with Crippen molar-refractivity contribution in [3.05, 3.63) is 35.5 Å². The zero-order valence-electron chi connectivity index (χ0n) is 19.9. The second kappa shape index (κ2) is 11.1. The van der Waals surface area contributed by atoms with Crippen LogP contribution in [-0.4, -0.2) is 85.8 Å². The fraction of sp³-hybridized carbons (Fsp3) is 0.600. The van der Waals surface area contributed by atoms with Crippen LogP contribution in [0.2, 0.25) is 0 Å². The molecule has 0 aliphatic carbocycles. The van der Waals surface area contributed by atoms with Crippen molar-refractivity contribution < 1.29 is 4.74 Å². The van der Waals surface area contributed by atoms with Crippen molar-refractivity contribution in [3.63, 3.8) is 0 Å². The Bertz CT molecular complexity index is 859. The number of anilines is 2. The zero-order valence-corrected chi connectivity index (χ0v) is 19.9. The summed E-state index contributed by atoms with van der Waals surface area (Å²) < 4.78 is 5.71. The molecule has 1 aromatic heterocycles. The first-order valence-corrected chi connectivity index (χ1v) is 12.2. The highest BCUT2D eigenvalue weighted by atomic mass is 16.5. The second-order valence-electron chi connectivity index (χ2n) is 8.77. The Balaban J connectivity index is 1.48. The van der Waals surface area contributed by atoms with Crippen LogP contribution < -0.4 is 10.2 Å². The fourth-order valence-electron chi connectivity index (χ4n) is 4.44. The van der Waals surface area contributed by atoms with Gasteiger partial charge in [0.05, 0.1) is 18.9 Å². The molecule has 1 aromatic carbocycles. The third-order valence-corrected chi connectivity index (χ3v) is 6.65. The maximum Gasteiger partial charge on any atom is 0.161 e. The van der Waals surface area contributed by atoms with Crippen LogP contribution in [-0.2, 0) is 17.8 Å². The van der Waals surface area contributed by atoms with E-state index in [0.29, 0.717) is 6.61 Å². The predicted octanol–water partition coefficient (Wildman–Crippen LogP) is 3.11. The minimum atomic E-state index is 0.594. The molecule has 2 aliphatic rings. The fourth-order valence-corrected chi connectivity index (χ4v) is 4.44. The molecule has 0 bridgehead atoms. The van der Waals surface area contributed by atoms with E-state index in [4.69, 9.17) is 14.7 Å². The van der Waals surface area contributed by atoms with Gasteiger partial charge in [0, 0.05) is 56.0 Å². The lowest BCUT2D eigenvalue weighted by molar-refractivity contribution is 0.109. The third-order valence-electron chi connectivity index (χ3n) is 6.65. The van der Waals surface area contributed by atoms with E-state index in [0.717, 1.165) is 100 Å². The number of rotatable bonds is 9. The highest BCUT2D eigenvalue weighted by Gasteiger charge is 2.19. The summed E-state index contributed by atoms with van der Waals surface area (Å²) in [6.45, 7) is 14.3. The summed E-state index contributed by atoms with van der Waals surface area (Å²) in [6.07, 6.45) is 1.94. The van der Waals surface area contributed by atoms with Gasteiger partial charge in [0.2, 0.25) is 0 Å². The molecule has 0 amide bonds. The summed E-state index contributed by atoms with van der Waals surface area (Å²) in [6, 6.07) is 8.76. The van der Waals surface area contributed by atoms with Gasteiger partial charge in [-0.2, -0.15) is 0 Å². The van der Waals surface area contributed by atoms with E-state index in [9.17, 15) is 0 Å². The van der Waals surface area contributed by atoms with Gasteiger partial charge in [-0.1, -0.05) is 13.8 Å². The number of nitrogens with one attached hydrogen (secondary N) is 1. The molecule has 0 unspecified atom stereocenters. The number of hydrogen-bond acceptors (Lipinski definition) is 7. The largest absolute Gasteiger partial charge is 0.376 e. The normalized spacial score (nSPS) is 16.9. The van der Waals surface area contributed by atoms with E-state index < -0.39 is 0 Å². The van der Waals surface area contributed by atoms with Crippen molar-refractivity contribution in [2.45, 2.75) is 33.3 Å². The first-order valence-electron chi connectivity index (χ1n) is 12.2. The van der Waals surface area contributed by atoms with Crippen LogP contribution in [0.3, 0.4) is 0 Å². The van der Waals surface area contributed by atoms with Crippen LogP contribution in [0.1, 0.15) is 31.5 Å². The molecule has 0 radical (unpaired) electrons. The highest BCUT2D eigenvalue weighted by molar-refractivity contribution is 5.63. The lowest BCUT2D eigenvalue weighted by Gasteiger charge is -2.34. The lowest BCUT2D eigenvalue weighted by atomic mass is 10.1. The van der Waals surface area contributed by atoms with Gasteiger partial charge in [0.25, 0.3) is 0 Å². The molecule has 2 aromatic rings. The minimum absolute atomic E-state index is 0.594. The average molecular weight is 439 g/mol. The number of likely N-dealkylation sites (N-methyl/N-ethyl adjacent to an activating group) is 1. The van der Waals surface area contributed by atoms with Gasteiger partial charge < -0.3 is 24.8 Å². The molecule has 1 N–H and O–H groups in total. The molecular formula is C25H38N6O. The van der Waals surface area contributed by atoms with Crippen molar-refractivity contribution in [1.82, 2.24) is 19.8 Å². The molecular weight excluding hydrogens is 400 g/mol. The molecule has 174 valence electrons. The number of hydrogen-bond donors (Lipinski definition) is 1. The highest BCUT2D eigenvalue weighted by Crippen LogP contribution is 2.27. The number of ether oxygens (including phenoxy) is 1. The van der Waals surface area contributed by atoms with Crippen molar-refractivity contribution in [3.8, 4) is 11.4 Å². The number of piperazine rings is 1. The Morgan fingerprint density at radius 2 is 1.78 bits per heavy atom. The summed E-state index contributed by atoms with van der Waals surface area (Å²) in [5, 5.41) is 3.58. The molecule has 7 heteroatoms. The van der Waals surface area contributed by atoms with Crippen LogP contribution in [0.15, 0.2) is 24.3 Å². The van der Waals surface area contributed by atoms with Crippen LogP contribution >= 0.6 is 0 Å². The summed E-state index contributed by atoms with van der Waals surface area (Å²) in [4.78, 5) is 17.1. The first kappa shape index (κ1) is 23.0. The summed E-state index contributed by atoms with van der Waals surface area (Å²) in [7, 11) is 2.19. The average Bonchev–Trinajstić information content (AvgIpc) is 2.84. The van der Waals surface area contributed by atoms with Gasteiger partial charge in [-0.25, -0.2) is 9.97 Å². The third kappa shape index (κ3) is 5.57. The van der Waals surface area contributed by atoms with Gasteiger partial charge in [-0.05, 0) is 57.4 Å². The Labute approximate surface area is 192 Å². The van der Waals surface area contributed by atoms with E-state index in [1.807, 2.05) is 0 Å². The summed E-state index contributed by atoms with van der Waals surface area (Å²) in [5.41, 5.74) is 4.60. The maximum absolute atomic E-state index is 5.71. The lowest BCUT2D eigenvalue weighted by Crippen LogP contribution is -2.44. The molecule has 4 rings (SSSR count). The quantitative estimate of drug-likeness (QED) is 0.604. The SMILES string of the molecule is CCN(CC)CCCNc1nc(-c2ccc(N3CCN(C)CC3)cc2)nc2c1COCC2. The predicted molar refractivity (Wildman–Crippen MR) is 131 cm³/mol. The van der Waals surface area contributed by atoms with Crippen LogP contribution in [0.4, 0.5) is 11.5 Å².